The minimum Gasteiger partial charge on any atom is -0.361 e. The average Bonchev–Trinajstić information content (AvgIpc) is 3.34. The van der Waals surface area contributed by atoms with Crippen molar-refractivity contribution >= 4 is 27.0 Å². The van der Waals surface area contributed by atoms with Gasteiger partial charge in [0, 0.05) is 29.6 Å². The monoisotopic (exact) mass is 412 g/mol. The van der Waals surface area contributed by atoms with E-state index in [4.69, 9.17) is 4.52 Å². The minimum atomic E-state index is 0.193. The van der Waals surface area contributed by atoms with E-state index in [9.17, 15) is 5.26 Å². The van der Waals surface area contributed by atoms with E-state index in [0.29, 0.717) is 12.3 Å². The van der Waals surface area contributed by atoms with Gasteiger partial charge < -0.3 is 9.09 Å². The molecule has 1 aliphatic rings. The van der Waals surface area contributed by atoms with Crippen LogP contribution in [-0.2, 0) is 0 Å². The Bertz CT molecular complexity index is 972. The SMILES string of the molecule is Cc1noc(C)c1-c1cnc2c(Br)cn(C(CC#N)C3CCCC3)c2c1. The topological polar surface area (TPSA) is 67.6 Å². The molecular weight excluding hydrogens is 392 g/mol. The predicted molar refractivity (Wildman–Crippen MR) is 104 cm³/mol. The van der Waals surface area contributed by atoms with Gasteiger partial charge in [0.2, 0.25) is 0 Å². The number of hydrogen-bond acceptors (Lipinski definition) is 4. The Kier molecular flexibility index (Phi) is 4.58. The van der Waals surface area contributed by atoms with Gasteiger partial charge in [-0.1, -0.05) is 18.0 Å². The van der Waals surface area contributed by atoms with Crippen molar-refractivity contribution < 1.29 is 4.52 Å². The molecule has 3 heterocycles. The molecule has 5 nitrogen and oxygen atoms in total. The number of rotatable bonds is 4. The van der Waals surface area contributed by atoms with Gasteiger partial charge in [-0.05, 0) is 54.6 Å². The predicted octanol–water partition coefficient (Wildman–Crippen LogP) is 5.72. The Labute approximate surface area is 161 Å². The lowest BCUT2D eigenvalue weighted by Gasteiger charge is -2.24. The highest BCUT2D eigenvalue weighted by atomic mass is 79.9. The van der Waals surface area contributed by atoms with E-state index >= 15 is 0 Å². The Morgan fingerprint density at radius 2 is 2.15 bits per heavy atom. The molecule has 3 aromatic rings. The van der Waals surface area contributed by atoms with Crippen LogP contribution in [0.3, 0.4) is 0 Å². The molecule has 0 amide bonds. The fourth-order valence-electron chi connectivity index (χ4n) is 4.32. The molecule has 0 N–H and O–H groups in total. The molecule has 0 aromatic carbocycles. The van der Waals surface area contributed by atoms with E-state index in [1.165, 1.54) is 25.7 Å². The van der Waals surface area contributed by atoms with Gasteiger partial charge in [0.05, 0.1) is 28.2 Å². The van der Waals surface area contributed by atoms with Crippen LogP contribution < -0.4 is 0 Å². The summed E-state index contributed by atoms with van der Waals surface area (Å²) in [5.41, 5.74) is 4.86. The van der Waals surface area contributed by atoms with Crippen molar-refractivity contribution in [3.63, 3.8) is 0 Å². The van der Waals surface area contributed by atoms with Crippen LogP contribution in [0.25, 0.3) is 22.2 Å². The van der Waals surface area contributed by atoms with Crippen LogP contribution in [0.5, 0.6) is 0 Å². The first-order valence-corrected chi connectivity index (χ1v) is 9.85. The number of aryl methyl sites for hydroxylation is 2. The molecular formula is C20H21BrN4O. The third kappa shape index (κ3) is 2.84. The van der Waals surface area contributed by atoms with Crippen molar-refractivity contribution in [2.75, 3.05) is 0 Å². The molecule has 6 heteroatoms. The maximum atomic E-state index is 9.40. The average molecular weight is 413 g/mol. The van der Waals surface area contributed by atoms with Crippen LogP contribution in [0.15, 0.2) is 27.5 Å². The standard InChI is InChI=1S/C20H21BrN4O/c1-12-19(13(2)26-24-12)15-9-18-20(23-10-15)16(21)11-25(18)17(7-8-22)14-5-3-4-6-14/h9-11,14,17H,3-7H2,1-2H3. The number of fused-ring (bicyclic) bond motifs is 1. The molecule has 134 valence electrons. The van der Waals surface area contributed by atoms with Gasteiger partial charge in [0.1, 0.15) is 11.3 Å². The highest BCUT2D eigenvalue weighted by molar-refractivity contribution is 9.10. The zero-order chi connectivity index (χ0) is 18.3. The van der Waals surface area contributed by atoms with Gasteiger partial charge in [-0.15, -0.1) is 0 Å². The fourth-order valence-corrected chi connectivity index (χ4v) is 4.85. The Morgan fingerprint density at radius 1 is 1.38 bits per heavy atom. The fraction of sp³-hybridized carbons (Fsp3) is 0.450. The minimum absolute atomic E-state index is 0.193. The lowest BCUT2D eigenvalue weighted by molar-refractivity contribution is 0.347. The second-order valence-corrected chi connectivity index (χ2v) is 8.00. The first kappa shape index (κ1) is 17.3. The molecule has 4 rings (SSSR count). The number of aromatic nitrogens is 3. The van der Waals surface area contributed by atoms with Crippen LogP contribution in [0, 0.1) is 31.1 Å². The van der Waals surface area contributed by atoms with Gasteiger partial charge in [0.25, 0.3) is 0 Å². The van der Waals surface area contributed by atoms with Gasteiger partial charge in [0.15, 0.2) is 0 Å². The van der Waals surface area contributed by atoms with Crippen molar-refractivity contribution in [3.8, 4) is 17.2 Å². The molecule has 1 unspecified atom stereocenters. The second kappa shape index (κ2) is 6.88. The zero-order valence-electron chi connectivity index (χ0n) is 15.0. The first-order chi connectivity index (χ1) is 12.6. The summed E-state index contributed by atoms with van der Waals surface area (Å²) >= 11 is 3.65. The summed E-state index contributed by atoms with van der Waals surface area (Å²) in [7, 11) is 0. The lowest BCUT2D eigenvalue weighted by Crippen LogP contribution is -2.16. The number of nitrogens with zero attached hydrogens (tertiary/aromatic N) is 4. The Hall–Kier alpha value is -2.13. The molecule has 1 fully saturated rings. The highest BCUT2D eigenvalue weighted by Gasteiger charge is 2.28. The van der Waals surface area contributed by atoms with Crippen LogP contribution in [-0.4, -0.2) is 14.7 Å². The summed E-state index contributed by atoms with van der Waals surface area (Å²) in [5, 5.41) is 13.5. The Morgan fingerprint density at radius 3 is 2.81 bits per heavy atom. The summed E-state index contributed by atoms with van der Waals surface area (Å²) in [4.78, 5) is 4.69. The molecule has 0 radical (unpaired) electrons. The third-order valence-electron chi connectivity index (χ3n) is 5.55. The molecule has 3 aromatic heterocycles. The summed E-state index contributed by atoms with van der Waals surface area (Å²) in [5.74, 6) is 1.35. The lowest BCUT2D eigenvalue weighted by atomic mass is 9.95. The summed E-state index contributed by atoms with van der Waals surface area (Å²) in [6, 6.07) is 4.74. The third-order valence-corrected chi connectivity index (χ3v) is 6.13. The van der Waals surface area contributed by atoms with Gasteiger partial charge in [-0.3, -0.25) is 4.98 Å². The first-order valence-electron chi connectivity index (χ1n) is 9.06. The molecule has 0 spiro atoms. The Balaban J connectivity index is 1.87. The van der Waals surface area contributed by atoms with Crippen LogP contribution in [0.1, 0.15) is 49.6 Å². The summed E-state index contributed by atoms with van der Waals surface area (Å²) < 4.78 is 8.56. The van der Waals surface area contributed by atoms with Crippen molar-refractivity contribution in [3.05, 3.63) is 34.4 Å². The maximum Gasteiger partial charge on any atom is 0.141 e. The number of nitriles is 1. The summed E-state index contributed by atoms with van der Waals surface area (Å²) in [6.45, 7) is 3.87. The van der Waals surface area contributed by atoms with Crippen LogP contribution in [0.2, 0.25) is 0 Å². The van der Waals surface area contributed by atoms with E-state index in [1.807, 2.05) is 20.0 Å². The van der Waals surface area contributed by atoms with E-state index in [1.54, 1.807) is 0 Å². The van der Waals surface area contributed by atoms with Crippen molar-refractivity contribution in [2.24, 2.45) is 5.92 Å². The van der Waals surface area contributed by atoms with Gasteiger partial charge >= 0.3 is 0 Å². The van der Waals surface area contributed by atoms with Crippen molar-refractivity contribution in [1.29, 1.82) is 5.26 Å². The van der Waals surface area contributed by atoms with E-state index in [2.05, 4.69) is 49.0 Å². The smallest absolute Gasteiger partial charge is 0.141 e. The molecule has 26 heavy (non-hydrogen) atoms. The molecule has 0 saturated heterocycles. The normalized spacial score (nSPS) is 16.2. The highest BCUT2D eigenvalue weighted by Crippen LogP contribution is 2.40. The maximum absolute atomic E-state index is 9.40. The number of pyridine rings is 1. The van der Waals surface area contributed by atoms with E-state index < -0.39 is 0 Å². The molecule has 1 atom stereocenters. The van der Waals surface area contributed by atoms with Gasteiger partial charge in [-0.25, -0.2) is 0 Å². The van der Waals surface area contributed by atoms with Crippen LogP contribution in [0.4, 0.5) is 0 Å². The van der Waals surface area contributed by atoms with Crippen molar-refractivity contribution in [2.45, 2.75) is 52.0 Å². The van der Waals surface area contributed by atoms with E-state index in [-0.39, 0.29) is 6.04 Å². The van der Waals surface area contributed by atoms with Gasteiger partial charge in [-0.2, -0.15) is 5.26 Å². The summed E-state index contributed by atoms with van der Waals surface area (Å²) in [6.07, 6.45) is 9.40. The number of hydrogen-bond donors (Lipinski definition) is 0. The molecule has 1 aliphatic carbocycles. The zero-order valence-corrected chi connectivity index (χ0v) is 16.6. The molecule has 0 bridgehead atoms. The quantitative estimate of drug-likeness (QED) is 0.549. The second-order valence-electron chi connectivity index (χ2n) is 7.15. The number of halogens is 1. The van der Waals surface area contributed by atoms with E-state index in [0.717, 1.165) is 38.1 Å². The largest absolute Gasteiger partial charge is 0.361 e. The molecule has 0 aliphatic heterocycles. The van der Waals surface area contributed by atoms with Crippen LogP contribution >= 0.6 is 15.9 Å². The van der Waals surface area contributed by atoms with Crippen molar-refractivity contribution in [1.82, 2.24) is 14.7 Å². The molecule has 1 saturated carbocycles.